The summed E-state index contributed by atoms with van der Waals surface area (Å²) in [5, 5.41) is 5.07. The number of nitrogens with one attached hydrogen (secondary N) is 1. The number of ether oxygens (including phenoxy) is 1. The van der Waals surface area contributed by atoms with E-state index in [0.717, 1.165) is 10.6 Å². The van der Waals surface area contributed by atoms with Crippen molar-refractivity contribution in [3.8, 4) is 5.75 Å². The maximum atomic E-state index is 11.9. The molecule has 0 saturated carbocycles. The highest BCUT2D eigenvalue weighted by atomic mass is 32.2. The largest absolute Gasteiger partial charge is 0.497 e. The number of nitrogens with zero attached hydrogens (tertiary/aromatic N) is 1. The number of benzene rings is 1. The Kier molecular flexibility index (Phi) is 4.81. The molecule has 0 radical (unpaired) electrons. The maximum Gasteiger partial charge on any atom is 0.239 e. The summed E-state index contributed by atoms with van der Waals surface area (Å²) < 4.78 is 5.10. The summed E-state index contributed by atoms with van der Waals surface area (Å²) in [4.78, 5) is 17.0. The standard InChI is InChI=1S/C13H14N2O2S2/c1-9(12(16)15-13-14-7-8-18-13)19-11-5-3-10(17-2)4-6-11/h3-9H,1-2H3,(H,14,15,16). The van der Waals surface area contributed by atoms with Crippen molar-refractivity contribution in [3.05, 3.63) is 35.8 Å². The van der Waals surface area contributed by atoms with Gasteiger partial charge in [-0.25, -0.2) is 4.98 Å². The molecule has 1 atom stereocenters. The van der Waals surface area contributed by atoms with E-state index in [1.807, 2.05) is 36.6 Å². The third-order valence-electron chi connectivity index (χ3n) is 2.40. The summed E-state index contributed by atoms with van der Waals surface area (Å²) in [5.74, 6) is 0.764. The van der Waals surface area contributed by atoms with Gasteiger partial charge in [0.25, 0.3) is 0 Å². The van der Waals surface area contributed by atoms with Crippen LogP contribution in [0.4, 0.5) is 5.13 Å². The Balaban J connectivity index is 1.92. The van der Waals surface area contributed by atoms with Gasteiger partial charge >= 0.3 is 0 Å². The monoisotopic (exact) mass is 294 g/mol. The number of amides is 1. The molecule has 1 N–H and O–H groups in total. The lowest BCUT2D eigenvalue weighted by atomic mass is 10.3. The van der Waals surface area contributed by atoms with E-state index in [1.54, 1.807) is 13.3 Å². The molecule has 1 unspecified atom stereocenters. The van der Waals surface area contributed by atoms with Crippen molar-refractivity contribution in [2.45, 2.75) is 17.1 Å². The van der Waals surface area contributed by atoms with E-state index >= 15 is 0 Å². The molecule has 1 heterocycles. The zero-order valence-electron chi connectivity index (χ0n) is 10.6. The highest BCUT2D eigenvalue weighted by Crippen LogP contribution is 2.26. The SMILES string of the molecule is COc1ccc(SC(C)C(=O)Nc2nccs2)cc1. The molecule has 1 amide bonds. The fourth-order valence-corrected chi connectivity index (χ4v) is 2.80. The van der Waals surface area contributed by atoms with Crippen LogP contribution in [0.5, 0.6) is 5.75 Å². The first-order valence-corrected chi connectivity index (χ1v) is 7.46. The molecule has 2 rings (SSSR count). The summed E-state index contributed by atoms with van der Waals surface area (Å²) in [6.45, 7) is 1.87. The first kappa shape index (κ1) is 13.9. The fraction of sp³-hybridized carbons (Fsp3) is 0.231. The third-order valence-corrected chi connectivity index (χ3v) is 4.20. The van der Waals surface area contributed by atoms with Gasteiger partial charge in [-0.05, 0) is 31.2 Å². The minimum atomic E-state index is -0.183. The van der Waals surface area contributed by atoms with E-state index in [4.69, 9.17) is 4.74 Å². The molecule has 0 saturated heterocycles. The van der Waals surface area contributed by atoms with E-state index in [-0.39, 0.29) is 11.2 Å². The van der Waals surface area contributed by atoms with Gasteiger partial charge in [-0.15, -0.1) is 23.1 Å². The van der Waals surface area contributed by atoms with Gasteiger partial charge in [0, 0.05) is 16.5 Å². The van der Waals surface area contributed by atoms with E-state index < -0.39 is 0 Å². The second-order valence-electron chi connectivity index (χ2n) is 3.76. The fourth-order valence-electron chi connectivity index (χ4n) is 1.40. The second kappa shape index (κ2) is 6.58. The summed E-state index contributed by atoms with van der Waals surface area (Å²) in [6, 6.07) is 7.65. The lowest BCUT2D eigenvalue weighted by molar-refractivity contribution is -0.115. The van der Waals surface area contributed by atoms with E-state index in [0.29, 0.717) is 5.13 Å². The molecule has 0 aliphatic carbocycles. The number of carbonyl (C=O) groups is 1. The summed E-state index contributed by atoms with van der Waals surface area (Å²) in [5.41, 5.74) is 0. The Morgan fingerprint density at radius 2 is 2.16 bits per heavy atom. The molecule has 100 valence electrons. The Morgan fingerprint density at radius 3 is 2.74 bits per heavy atom. The molecular weight excluding hydrogens is 280 g/mol. The summed E-state index contributed by atoms with van der Waals surface area (Å²) in [7, 11) is 1.63. The first-order chi connectivity index (χ1) is 9.19. The van der Waals surface area contributed by atoms with Gasteiger partial charge in [0.15, 0.2) is 5.13 Å². The average molecular weight is 294 g/mol. The molecule has 4 nitrogen and oxygen atoms in total. The number of carbonyl (C=O) groups excluding carboxylic acids is 1. The smallest absolute Gasteiger partial charge is 0.239 e. The number of hydrogen-bond acceptors (Lipinski definition) is 5. The van der Waals surface area contributed by atoms with Crippen molar-refractivity contribution in [3.63, 3.8) is 0 Å². The quantitative estimate of drug-likeness (QED) is 0.860. The molecule has 0 spiro atoms. The third kappa shape index (κ3) is 3.97. The molecule has 0 bridgehead atoms. The second-order valence-corrected chi connectivity index (χ2v) is 6.07. The van der Waals surface area contributed by atoms with Gasteiger partial charge in [0.05, 0.1) is 12.4 Å². The van der Waals surface area contributed by atoms with Crippen LogP contribution in [0.3, 0.4) is 0 Å². The van der Waals surface area contributed by atoms with Gasteiger partial charge in [0.2, 0.25) is 5.91 Å². The predicted molar refractivity (Wildman–Crippen MR) is 79.1 cm³/mol. The average Bonchev–Trinajstić information content (AvgIpc) is 2.92. The maximum absolute atomic E-state index is 11.9. The Labute approximate surface area is 120 Å². The number of aromatic nitrogens is 1. The van der Waals surface area contributed by atoms with Crippen LogP contribution in [0.25, 0.3) is 0 Å². The minimum Gasteiger partial charge on any atom is -0.497 e. The molecule has 0 aliphatic rings. The lowest BCUT2D eigenvalue weighted by Crippen LogP contribution is -2.22. The van der Waals surface area contributed by atoms with E-state index in [9.17, 15) is 4.79 Å². The van der Waals surface area contributed by atoms with Crippen LogP contribution in [0.15, 0.2) is 40.7 Å². The highest BCUT2D eigenvalue weighted by Gasteiger charge is 2.15. The Hall–Kier alpha value is -1.53. The van der Waals surface area contributed by atoms with Crippen LogP contribution in [-0.2, 0) is 4.79 Å². The number of thiazole rings is 1. The molecule has 0 aliphatic heterocycles. The summed E-state index contributed by atoms with van der Waals surface area (Å²) >= 11 is 2.91. The summed E-state index contributed by atoms with van der Waals surface area (Å²) in [6.07, 6.45) is 1.67. The van der Waals surface area contributed by atoms with Crippen LogP contribution in [0.2, 0.25) is 0 Å². The number of rotatable bonds is 5. The minimum absolute atomic E-state index is 0.0456. The van der Waals surface area contributed by atoms with Crippen molar-refractivity contribution in [1.82, 2.24) is 4.98 Å². The number of hydrogen-bond donors (Lipinski definition) is 1. The molecule has 6 heteroatoms. The van der Waals surface area contributed by atoms with Crippen molar-refractivity contribution in [1.29, 1.82) is 0 Å². The van der Waals surface area contributed by atoms with E-state index in [2.05, 4.69) is 10.3 Å². The first-order valence-electron chi connectivity index (χ1n) is 5.70. The molecule has 1 aromatic carbocycles. The number of anilines is 1. The highest BCUT2D eigenvalue weighted by molar-refractivity contribution is 8.00. The Morgan fingerprint density at radius 1 is 1.42 bits per heavy atom. The van der Waals surface area contributed by atoms with Gasteiger partial charge < -0.3 is 10.1 Å². The number of methoxy groups -OCH3 is 1. The predicted octanol–water partition coefficient (Wildman–Crippen LogP) is 3.27. The molecule has 19 heavy (non-hydrogen) atoms. The zero-order chi connectivity index (χ0) is 13.7. The van der Waals surface area contributed by atoms with Crippen molar-refractivity contribution < 1.29 is 9.53 Å². The van der Waals surface area contributed by atoms with Gasteiger partial charge in [-0.2, -0.15) is 0 Å². The topological polar surface area (TPSA) is 51.2 Å². The van der Waals surface area contributed by atoms with Crippen LogP contribution < -0.4 is 10.1 Å². The van der Waals surface area contributed by atoms with Gasteiger partial charge in [-0.1, -0.05) is 0 Å². The normalized spacial score (nSPS) is 11.9. The molecule has 2 aromatic rings. The van der Waals surface area contributed by atoms with E-state index in [1.165, 1.54) is 23.1 Å². The van der Waals surface area contributed by atoms with Crippen LogP contribution in [-0.4, -0.2) is 23.3 Å². The van der Waals surface area contributed by atoms with Crippen molar-refractivity contribution >= 4 is 34.1 Å². The van der Waals surface area contributed by atoms with Crippen LogP contribution in [0.1, 0.15) is 6.92 Å². The van der Waals surface area contributed by atoms with Crippen LogP contribution in [0, 0.1) is 0 Å². The lowest BCUT2D eigenvalue weighted by Gasteiger charge is -2.10. The van der Waals surface area contributed by atoms with Crippen molar-refractivity contribution in [2.24, 2.45) is 0 Å². The molecule has 1 aromatic heterocycles. The zero-order valence-corrected chi connectivity index (χ0v) is 12.3. The van der Waals surface area contributed by atoms with Crippen molar-refractivity contribution in [2.75, 3.05) is 12.4 Å². The van der Waals surface area contributed by atoms with Gasteiger partial charge in [0.1, 0.15) is 5.75 Å². The van der Waals surface area contributed by atoms with Crippen LogP contribution >= 0.6 is 23.1 Å². The van der Waals surface area contributed by atoms with Gasteiger partial charge in [-0.3, -0.25) is 4.79 Å². The number of thioether (sulfide) groups is 1. The molecule has 0 fully saturated rings. The molecular formula is C13H14N2O2S2. The Bertz CT molecular complexity index is 526.